The summed E-state index contributed by atoms with van der Waals surface area (Å²) in [4.78, 5) is 31.8. The quantitative estimate of drug-likeness (QED) is 0.0830. The molecule has 0 bridgehead atoms. The summed E-state index contributed by atoms with van der Waals surface area (Å²) in [7, 11) is 0. The van der Waals surface area contributed by atoms with Crippen molar-refractivity contribution in [2.45, 2.75) is 218 Å². The van der Waals surface area contributed by atoms with Crippen LogP contribution in [0.2, 0.25) is 10.3 Å². The summed E-state index contributed by atoms with van der Waals surface area (Å²) in [6, 6.07) is 19.9. The third-order valence-corrected chi connectivity index (χ3v) is 13.7. The van der Waals surface area contributed by atoms with Crippen molar-refractivity contribution in [2.24, 2.45) is 5.73 Å². The summed E-state index contributed by atoms with van der Waals surface area (Å²) in [5.74, 6) is 3.44. The van der Waals surface area contributed by atoms with Gasteiger partial charge in [0.25, 0.3) is 0 Å². The van der Waals surface area contributed by atoms with Gasteiger partial charge in [-0.05, 0) is 184 Å². The first-order valence-corrected chi connectivity index (χ1v) is 29.1. The van der Waals surface area contributed by atoms with E-state index in [9.17, 15) is 4.79 Å². The summed E-state index contributed by atoms with van der Waals surface area (Å²) < 4.78 is 28.9. The highest BCUT2D eigenvalue weighted by atomic mass is 35.5. The number of amides is 1. The molecule has 0 spiro atoms. The maximum absolute atomic E-state index is 11.6. The minimum atomic E-state index is -0.492. The molecule has 78 heavy (non-hydrogen) atoms. The highest BCUT2D eigenvalue weighted by molar-refractivity contribution is 6.29. The Labute approximate surface area is 473 Å². The molecule has 5 aromatic rings. The molecule has 1 amide bonds. The number of nitrogens with one attached hydrogen (secondary N) is 1. The summed E-state index contributed by atoms with van der Waals surface area (Å²) >= 11 is 11.1. The van der Waals surface area contributed by atoms with Crippen molar-refractivity contribution in [1.82, 2.24) is 30.2 Å². The molecule has 4 saturated carbocycles. The van der Waals surface area contributed by atoms with Crippen LogP contribution in [-0.2, 0) is 17.8 Å². The lowest BCUT2D eigenvalue weighted by Gasteiger charge is -2.19. The molecule has 4 aliphatic carbocycles. The van der Waals surface area contributed by atoms with Crippen LogP contribution in [0.25, 0.3) is 0 Å². The topological polar surface area (TPSA) is 210 Å². The van der Waals surface area contributed by atoms with Crippen LogP contribution in [0, 0.1) is 11.3 Å². The Hall–Kier alpha value is -5.95. The van der Waals surface area contributed by atoms with Gasteiger partial charge in [-0.25, -0.2) is 19.7 Å². The van der Waals surface area contributed by atoms with E-state index in [1.807, 2.05) is 63.2 Å². The van der Waals surface area contributed by atoms with Gasteiger partial charge in [0.2, 0.25) is 0 Å². The van der Waals surface area contributed by atoms with Gasteiger partial charge in [0, 0.05) is 6.54 Å². The summed E-state index contributed by atoms with van der Waals surface area (Å²) in [5.41, 5.74) is 7.14. The molecule has 0 aliphatic heterocycles. The van der Waals surface area contributed by atoms with E-state index in [-0.39, 0.29) is 5.75 Å². The third-order valence-electron chi connectivity index (χ3n) is 13.3. The number of nitriles is 1. The van der Waals surface area contributed by atoms with Crippen molar-refractivity contribution in [3.05, 3.63) is 119 Å². The van der Waals surface area contributed by atoms with Crippen LogP contribution in [0.5, 0.6) is 28.7 Å². The number of nitrogens with zero attached hydrogens (tertiary/aromatic N) is 6. The molecular formula is C61H84Cl2N8O7. The first-order valence-electron chi connectivity index (χ1n) is 28.3. The Kier molecular flexibility index (Phi) is 29.2. The van der Waals surface area contributed by atoms with Gasteiger partial charge in [-0.1, -0.05) is 74.6 Å². The van der Waals surface area contributed by atoms with E-state index in [1.54, 1.807) is 36.9 Å². The van der Waals surface area contributed by atoms with E-state index in [0.29, 0.717) is 53.5 Å². The van der Waals surface area contributed by atoms with Crippen LogP contribution in [-0.4, -0.2) is 66.1 Å². The lowest BCUT2D eigenvalue weighted by molar-refractivity contribution is 0.0522. The summed E-state index contributed by atoms with van der Waals surface area (Å²) in [6.07, 6.45) is 39.2. The zero-order chi connectivity index (χ0) is 55.6. The zero-order valence-electron chi connectivity index (χ0n) is 46.3. The fourth-order valence-electron chi connectivity index (χ4n) is 9.19. The zero-order valence-corrected chi connectivity index (χ0v) is 47.8. The largest absolute Gasteiger partial charge is 0.506 e. The van der Waals surface area contributed by atoms with Crippen LogP contribution < -0.4 is 30.0 Å². The number of aromatic nitrogens is 5. The number of rotatable bonds is 11. The second-order valence-corrected chi connectivity index (χ2v) is 21.9. The van der Waals surface area contributed by atoms with Gasteiger partial charge in [-0.3, -0.25) is 9.97 Å². The SMILES string of the molecule is CC(C)(C)OC(=O)NCc1ccc(OC2CCCCCC2)cn1.Clc1ccc(OC2CCCCCC2)cn1.N#Cc1ccc(OC2CCCCCC2)cn1.NCc1ccc(OC2CCCCCC2)cn1.Oc1ccc(Cl)nc1. The van der Waals surface area contributed by atoms with E-state index in [4.69, 9.17) is 63.0 Å². The maximum Gasteiger partial charge on any atom is 0.407 e. The molecule has 0 aromatic carbocycles. The predicted octanol–water partition coefficient (Wildman–Crippen LogP) is 15.2. The molecule has 4 aliphatic rings. The average molecular weight is 1110 g/mol. The minimum Gasteiger partial charge on any atom is -0.506 e. The van der Waals surface area contributed by atoms with Crippen molar-refractivity contribution in [3.63, 3.8) is 0 Å². The van der Waals surface area contributed by atoms with Crippen molar-refractivity contribution in [3.8, 4) is 34.8 Å². The molecule has 424 valence electrons. The molecule has 0 atom stereocenters. The van der Waals surface area contributed by atoms with Crippen LogP contribution in [0.15, 0.2) is 91.6 Å². The van der Waals surface area contributed by atoms with Gasteiger partial charge in [-0.15, -0.1) is 0 Å². The molecular weight excluding hydrogens is 1030 g/mol. The minimum absolute atomic E-state index is 0.134. The van der Waals surface area contributed by atoms with Crippen LogP contribution in [0.4, 0.5) is 4.79 Å². The molecule has 4 fully saturated rings. The lowest BCUT2D eigenvalue weighted by atomic mass is 10.1. The Bertz CT molecular complexity index is 2370. The number of nitrogens with two attached hydrogens (primary N) is 1. The van der Waals surface area contributed by atoms with Gasteiger partial charge in [0.1, 0.15) is 56.4 Å². The fourth-order valence-corrected chi connectivity index (χ4v) is 9.41. The Morgan fingerprint density at radius 1 is 0.538 bits per heavy atom. The van der Waals surface area contributed by atoms with E-state index < -0.39 is 11.7 Å². The number of ether oxygens (including phenoxy) is 5. The van der Waals surface area contributed by atoms with Gasteiger partial charge in [0.15, 0.2) is 0 Å². The van der Waals surface area contributed by atoms with Crippen molar-refractivity contribution in [1.29, 1.82) is 5.26 Å². The lowest BCUT2D eigenvalue weighted by Crippen LogP contribution is -2.32. The number of carbonyl (C=O) groups is 1. The standard InChI is InChI=1S/C18H28N2O3.C13H20N2O.C13H16N2O.C12H16ClNO.C5H4ClNO/c1-18(2,3)23-17(21)20-12-14-10-11-16(13-19-14)22-15-8-6-4-5-7-9-15;2*14-9-11-7-8-13(10-15-11)16-12-5-3-1-2-4-6-12;13-12-8-7-11(9-14-12)15-10-5-3-1-2-4-6-10;6-5-2-1-4(8)3-7-5/h10-11,13,15H,4-9,12H2,1-3H3,(H,20,21);7-8,10,12H,1-6,9,14H2;7-8,10,12H,1-6H2;7-10H,1-6H2;1-3,8H. The van der Waals surface area contributed by atoms with Crippen LogP contribution in [0.1, 0.15) is 192 Å². The average Bonchev–Trinajstić information content (AvgIpc) is 4.07. The monoisotopic (exact) mass is 1110 g/mol. The molecule has 0 radical (unpaired) electrons. The fraction of sp³-hybridized carbons (Fsp3) is 0.557. The van der Waals surface area contributed by atoms with Crippen LogP contribution in [0.3, 0.4) is 0 Å². The van der Waals surface area contributed by atoms with E-state index in [2.05, 4.69) is 30.2 Å². The first kappa shape index (κ1) is 62.9. The number of alkyl carbamates (subject to hydrolysis) is 1. The Morgan fingerprint density at radius 2 is 0.897 bits per heavy atom. The summed E-state index contributed by atoms with van der Waals surface area (Å²) in [5, 5.41) is 20.9. The maximum atomic E-state index is 11.6. The molecule has 0 unspecified atom stereocenters. The molecule has 15 nitrogen and oxygen atoms in total. The highest BCUT2D eigenvalue weighted by Crippen LogP contribution is 2.26. The molecule has 5 heterocycles. The smallest absolute Gasteiger partial charge is 0.407 e. The van der Waals surface area contributed by atoms with E-state index >= 15 is 0 Å². The second-order valence-electron chi connectivity index (χ2n) is 21.1. The van der Waals surface area contributed by atoms with Crippen molar-refractivity contribution < 1.29 is 33.6 Å². The number of aromatic hydroxyl groups is 1. The van der Waals surface area contributed by atoms with Crippen LogP contribution >= 0.6 is 23.2 Å². The molecule has 5 aromatic heterocycles. The second kappa shape index (κ2) is 36.3. The number of hydrogen-bond acceptors (Lipinski definition) is 14. The van der Waals surface area contributed by atoms with E-state index in [0.717, 1.165) is 60.1 Å². The predicted molar refractivity (Wildman–Crippen MR) is 307 cm³/mol. The third kappa shape index (κ3) is 27.6. The van der Waals surface area contributed by atoms with E-state index in [1.165, 1.54) is 147 Å². The number of pyridine rings is 5. The number of carbonyl (C=O) groups excluding carboxylic acids is 1. The summed E-state index contributed by atoms with van der Waals surface area (Å²) in [6.45, 7) is 6.35. The van der Waals surface area contributed by atoms with Crippen molar-refractivity contribution >= 4 is 29.3 Å². The number of hydrogen-bond donors (Lipinski definition) is 3. The highest BCUT2D eigenvalue weighted by Gasteiger charge is 2.19. The van der Waals surface area contributed by atoms with Gasteiger partial charge < -0.3 is 39.8 Å². The van der Waals surface area contributed by atoms with Gasteiger partial charge >= 0.3 is 6.09 Å². The molecule has 9 rings (SSSR count). The van der Waals surface area contributed by atoms with Crippen molar-refractivity contribution in [2.75, 3.05) is 0 Å². The molecule has 17 heteroatoms. The number of halogens is 2. The Balaban J connectivity index is 0.000000185. The first-order chi connectivity index (χ1) is 37.8. The Morgan fingerprint density at radius 3 is 1.19 bits per heavy atom. The van der Waals surface area contributed by atoms with Gasteiger partial charge in [-0.2, -0.15) is 5.26 Å². The van der Waals surface area contributed by atoms with Gasteiger partial charge in [0.05, 0.1) is 73.3 Å². The molecule has 4 N–H and O–H groups in total. The molecule has 0 saturated heterocycles. The normalized spacial score (nSPS) is 16.6.